The maximum Gasteiger partial charge on any atom is 0.153 e. The van der Waals surface area contributed by atoms with E-state index in [1.54, 1.807) is 23.0 Å². The predicted molar refractivity (Wildman–Crippen MR) is 130 cm³/mol. The molecule has 0 aliphatic carbocycles. The number of thiazole rings is 1. The smallest absolute Gasteiger partial charge is 0.153 e. The van der Waals surface area contributed by atoms with Gasteiger partial charge in [-0.15, -0.1) is 11.3 Å². The number of ether oxygens (including phenoxy) is 1. The summed E-state index contributed by atoms with van der Waals surface area (Å²) in [6, 6.07) is 8.52. The molecule has 3 aromatic rings. The average Bonchev–Trinajstić information content (AvgIpc) is 3.34. The van der Waals surface area contributed by atoms with E-state index in [-0.39, 0.29) is 28.3 Å². The van der Waals surface area contributed by atoms with E-state index in [0.29, 0.717) is 10.3 Å². The summed E-state index contributed by atoms with van der Waals surface area (Å²) in [6.45, 7) is 2.61. The molecule has 1 aliphatic heterocycles. The molecule has 0 saturated heterocycles. The highest BCUT2D eigenvalue weighted by atomic mass is 35.5. The molecular formula is C22H21ClF2N4O2S2. The highest BCUT2D eigenvalue weighted by molar-refractivity contribution is 8.01. The molecule has 2 atom stereocenters. The van der Waals surface area contributed by atoms with Gasteiger partial charge in [0.05, 0.1) is 28.7 Å². The Morgan fingerprint density at radius 2 is 2.12 bits per heavy atom. The van der Waals surface area contributed by atoms with Gasteiger partial charge in [-0.2, -0.15) is 4.47 Å². The molecule has 11 heteroatoms. The quantitative estimate of drug-likeness (QED) is 0.248. The molecule has 0 fully saturated rings. The molecule has 33 heavy (non-hydrogen) atoms. The molecule has 174 valence electrons. The number of rotatable bonds is 8. The highest BCUT2D eigenvalue weighted by Gasteiger charge is 2.27. The van der Waals surface area contributed by atoms with E-state index >= 15 is 0 Å². The third-order valence-electron chi connectivity index (χ3n) is 5.04. The summed E-state index contributed by atoms with van der Waals surface area (Å²) in [5.41, 5.74) is 3.37. The molecule has 4 rings (SSSR count). The van der Waals surface area contributed by atoms with E-state index in [1.165, 1.54) is 29.5 Å². The minimum Gasteiger partial charge on any atom is -0.487 e. The first kappa shape index (κ1) is 23.8. The molecule has 1 aliphatic rings. The Kier molecular flexibility index (Phi) is 7.71. The molecule has 6 nitrogen and oxygen atoms in total. The van der Waals surface area contributed by atoms with Gasteiger partial charge >= 0.3 is 0 Å². The van der Waals surface area contributed by atoms with Crippen molar-refractivity contribution >= 4 is 52.2 Å². The van der Waals surface area contributed by atoms with Gasteiger partial charge in [0.25, 0.3) is 0 Å². The van der Waals surface area contributed by atoms with Crippen molar-refractivity contribution in [1.29, 1.82) is 0 Å². The number of benzene rings is 2. The van der Waals surface area contributed by atoms with E-state index in [2.05, 4.69) is 21.1 Å². The lowest BCUT2D eigenvalue weighted by Gasteiger charge is -2.31. The van der Waals surface area contributed by atoms with Crippen LogP contribution in [0.25, 0.3) is 5.57 Å². The molecule has 2 heterocycles. The largest absolute Gasteiger partial charge is 0.487 e. The number of anilines is 2. The fourth-order valence-corrected chi connectivity index (χ4v) is 4.78. The van der Waals surface area contributed by atoms with Crippen molar-refractivity contribution in [2.75, 3.05) is 15.7 Å². The van der Waals surface area contributed by atoms with Crippen LogP contribution in [0.4, 0.5) is 20.3 Å². The molecule has 2 aromatic carbocycles. The zero-order chi connectivity index (χ0) is 23.4. The van der Waals surface area contributed by atoms with Crippen molar-refractivity contribution in [2.45, 2.75) is 25.5 Å². The van der Waals surface area contributed by atoms with Gasteiger partial charge in [0.2, 0.25) is 0 Å². The van der Waals surface area contributed by atoms with Crippen LogP contribution in [0.5, 0.6) is 5.75 Å². The van der Waals surface area contributed by atoms with E-state index in [9.17, 15) is 14.0 Å². The van der Waals surface area contributed by atoms with Crippen LogP contribution in [0.15, 0.2) is 53.4 Å². The van der Waals surface area contributed by atoms with Crippen molar-refractivity contribution in [3.8, 4) is 5.75 Å². The molecule has 0 spiro atoms. The monoisotopic (exact) mass is 510 g/mol. The number of halogens is 3. The molecule has 0 saturated carbocycles. The molecule has 0 radical (unpaired) electrons. The Hall–Kier alpha value is -2.37. The van der Waals surface area contributed by atoms with Crippen LogP contribution in [-0.2, 0) is 0 Å². The van der Waals surface area contributed by atoms with Gasteiger partial charge in [-0.1, -0.05) is 29.8 Å². The van der Waals surface area contributed by atoms with E-state index in [4.69, 9.17) is 16.3 Å². The lowest BCUT2D eigenvalue weighted by molar-refractivity contribution is 0.191. The van der Waals surface area contributed by atoms with Crippen molar-refractivity contribution in [3.63, 3.8) is 0 Å². The lowest BCUT2D eigenvalue weighted by atomic mass is 9.91. The van der Waals surface area contributed by atoms with Gasteiger partial charge in [-0.05, 0) is 49.2 Å². The first-order valence-corrected chi connectivity index (χ1v) is 12.2. The second-order valence-corrected chi connectivity index (χ2v) is 9.14. The molecular weight excluding hydrogens is 490 g/mol. The predicted octanol–water partition coefficient (Wildman–Crippen LogP) is 6.16. The summed E-state index contributed by atoms with van der Waals surface area (Å²) in [4.78, 5) is 4.03. The number of aromatic nitrogens is 1. The minimum absolute atomic E-state index is 0.129. The number of nitrogens with zero attached hydrogens (tertiary/aromatic N) is 2. The third kappa shape index (κ3) is 5.77. The lowest BCUT2D eigenvalue weighted by Crippen LogP contribution is -2.44. The molecule has 1 aromatic heterocycles. The van der Waals surface area contributed by atoms with Crippen molar-refractivity contribution < 1.29 is 18.7 Å². The average molecular weight is 511 g/mol. The van der Waals surface area contributed by atoms with Crippen LogP contribution in [0.3, 0.4) is 0 Å². The second-order valence-electron chi connectivity index (χ2n) is 7.28. The summed E-state index contributed by atoms with van der Waals surface area (Å²) in [7, 11) is 0. The Morgan fingerprint density at radius 3 is 2.85 bits per heavy atom. The first-order chi connectivity index (χ1) is 15.9. The summed E-state index contributed by atoms with van der Waals surface area (Å²) in [5, 5.41) is 15.5. The zero-order valence-corrected chi connectivity index (χ0v) is 19.9. The standard InChI is InChI=1S/C22H21ClF2N4O2S2/c1-13(22-16(3-2-8-26-22)14-4-6-15(24)7-5-14)31-20-10-18(25)19(9-17(20)23)29(30)33-28-21-11-32-12-27-21/h3-7,9-13,22,26,28,30H,2,8H2,1H3. The summed E-state index contributed by atoms with van der Waals surface area (Å²) < 4.78 is 37.6. The Labute approximate surface area is 203 Å². The molecule has 0 bridgehead atoms. The summed E-state index contributed by atoms with van der Waals surface area (Å²) >= 11 is 8.49. The van der Waals surface area contributed by atoms with Crippen LogP contribution in [0.1, 0.15) is 18.9 Å². The molecule has 0 amide bonds. The van der Waals surface area contributed by atoms with Crippen LogP contribution in [-0.4, -0.2) is 28.9 Å². The van der Waals surface area contributed by atoms with Gasteiger partial charge < -0.3 is 10.1 Å². The Morgan fingerprint density at radius 1 is 1.33 bits per heavy atom. The minimum atomic E-state index is -0.706. The number of nitrogens with one attached hydrogen (secondary N) is 2. The van der Waals surface area contributed by atoms with Gasteiger partial charge in [0, 0.05) is 11.4 Å². The van der Waals surface area contributed by atoms with Crippen LogP contribution >= 0.6 is 35.1 Å². The van der Waals surface area contributed by atoms with E-state index < -0.39 is 11.9 Å². The highest BCUT2D eigenvalue weighted by Crippen LogP contribution is 2.36. The van der Waals surface area contributed by atoms with Crippen molar-refractivity contribution in [2.24, 2.45) is 0 Å². The summed E-state index contributed by atoms with van der Waals surface area (Å²) in [6.07, 6.45) is 2.52. The summed E-state index contributed by atoms with van der Waals surface area (Å²) in [5.74, 6) is -0.316. The number of hydrogen-bond donors (Lipinski definition) is 3. The van der Waals surface area contributed by atoms with Gasteiger partial charge in [-0.25, -0.2) is 13.8 Å². The third-order valence-corrected chi connectivity index (χ3v) is 6.60. The second kappa shape index (κ2) is 10.7. The maximum absolute atomic E-state index is 14.8. The maximum atomic E-state index is 14.8. The zero-order valence-electron chi connectivity index (χ0n) is 17.5. The Bertz CT molecular complexity index is 1120. The van der Waals surface area contributed by atoms with Crippen LogP contribution in [0, 0.1) is 11.6 Å². The SMILES string of the molecule is CC(Oc1cc(F)c(N(O)SNc2cscn2)cc1Cl)C1NCCC=C1c1ccc(F)cc1. The fraction of sp³-hybridized carbons (Fsp3) is 0.227. The topological polar surface area (TPSA) is 69.7 Å². The van der Waals surface area contributed by atoms with Gasteiger partial charge in [-0.3, -0.25) is 9.93 Å². The van der Waals surface area contributed by atoms with Crippen molar-refractivity contribution in [1.82, 2.24) is 10.3 Å². The normalized spacial score (nSPS) is 16.8. The van der Waals surface area contributed by atoms with Crippen molar-refractivity contribution in [3.05, 3.63) is 75.6 Å². The Balaban J connectivity index is 1.47. The van der Waals surface area contributed by atoms with Crippen LogP contribution < -0.4 is 19.2 Å². The van der Waals surface area contributed by atoms with E-state index in [1.807, 2.05) is 6.92 Å². The molecule has 3 N–H and O–H groups in total. The van der Waals surface area contributed by atoms with Gasteiger partial charge in [0.15, 0.2) is 5.82 Å². The van der Waals surface area contributed by atoms with Crippen LogP contribution in [0.2, 0.25) is 5.02 Å². The van der Waals surface area contributed by atoms with E-state index in [0.717, 1.165) is 42.3 Å². The first-order valence-electron chi connectivity index (χ1n) is 10.1. The van der Waals surface area contributed by atoms with Gasteiger partial charge in [0.1, 0.15) is 29.2 Å². The fourth-order valence-electron chi connectivity index (χ4n) is 3.49. The molecule has 2 unspecified atom stereocenters. The number of hydrogen-bond acceptors (Lipinski definition) is 8.